The van der Waals surface area contributed by atoms with E-state index in [9.17, 15) is 0 Å². The number of aromatic nitrogens is 3. The highest BCUT2D eigenvalue weighted by Gasteiger charge is 2.07. The minimum atomic E-state index is 0.521. The first-order valence-electron chi connectivity index (χ1n) is 10.2. The van der Waals surface area contributed by atoms with E-state index in [0.717, 1.165) is 17.0 Å². The monoisotopic (exact) mass is 414 g/mol. The molecule has 0 amide bonds. The lowest BCUT2D eigenvalue weighted by atomic mass is 10.1. The molecule has 0 radical (unpaired) electrons. The molecule has 0 saturated carbocycles. The Hall–Kier alpha value is -3.71. The Morgan fingerprint density at radius 3 is 2.42 bits per heavy atom. The standard InChI is InChI=1S/C24H26N6O/c1-25-24(27-16-23-29-28-22-13-7-8-14-30(22)23)26-15-20-11-5-6-12-21(20)18-31-17-19-9-3-2-4-10-19/h2-14H,15-18H2,1H3,(H2,25,26,27). The first kappa shape index (κ1) is 20.6. The first-order chi connectivity index (χ1) is 15.3. The van der Waals surface area contributed by atoms with Crippen molar-refractivity contribution in [3.05, 3.63) is 102 Å². The average molecular weight is 415 g/mol. The number of pyridine rings is 1. The molecule has 7 nitrogen and oxygen atoms in total. The molecule has 0 spiro atoms. The maximum Gasteiger partial charge on any atom is 0.191 e. The number of benzene rings is 2. The molecule has 0 atom stereocenters. The maximum absolute atomic E-state index is 5.93. The predicted molar refractivity (Wildman–Crippen MR) is 121 cm³/mol. The number of aliphatic imine (C=N–C) groups is 1. The van der Waals surface area contributed by atoms with Crippen molar-refractivity contribution < 1.29 is 4.74 Å². The first-order valence-corrected chi connectivity index (χ1v) is 10.2. The van der Waals surface area contributed by atoms with Crippen LogP contribution in [0, 0.1) is 0 Å². The summed E-state index contributed by atoms with van der Waals surface area (Å²) in [5, 5.41) is 15.1. The Bertz CT molecular complexity index is 1140. The number of rotatable bonds is 8. The van der Waals surface area contributed by atoms with Crippen LogP contribution in [0.25, 0.3) is 5.65 Å². The molecule has 0 aliphatic rings. The number of nitrogens with one attached hydrogen (secondary N) is 2. The van der Waals surface area contributed by atoms with Crippen molar-refractivity contribution in [2.24, 2.45) is 4.99 Å². The van der Waals surface area contributed by atoms with Gasteiger partial charge in [0.15, 0.2) is 17.4 Å². The zero-order valence-corrected chi connectivity index (χ0v) is 17.5. The summed E-state index contributed by atoms with van der Waals surface area (Å²) in [6, 6.07) is 24.3. The van der Waals surface area contributed by atoms with Crippen molar-refractivity contribution in [2.75, 3.05) is 7.05 Å². The summed E-state index contributed by atoms with van der Waals surface area (Å²) in [7, 11) is 1.76. The predicted octanol–water partition coefficient (Wildman–Crippen LogP) is 3.31. The van der Waals surface area contributed by atoms with E-state index >= 15 is 0 Å². The lowest BCUT2D eigenvalue weighted by Gasteiger charge is -2.14. The van der Waals surface area contributed by atoms with Crippen molar-refractivity contribution in [1.29, 1.82) is 0 Å². The van der Waals surface area contributed by atoms with Gasteiger partial charge < -0.3 is 15.4 Å². The SMILES string of the molecule is CN=C(NCc1ccccc1COCc1ccccc1)NCc1nnc2ccccn12. The Balaban J connectivity index is 1.31. The van der Waals surface area contributed by atoms with E-state index in [2.05, 4.69) is 50.1 Å². The van der Waals surface area contributed by atoms with E-state index < -0.39 is 0 Å². The second kappa shape index (κ2) is 10.4. The fraction of sp³-hybridized carbons (Fsp3) is 0.208. The van der Waals surface area contributed by atoms with Gasteiger partial charge in [-0.15, -0.1) is 10.2 Å². The topological polar surface area (TPSA) is 75.8 Å². The van der Waals surface area contributed by atoms with Crippen LogP contribution in [0.2, 0.25) is 0 Å². The van der Waals surface area contributed by atoms with Crippen molar-refractivity contribution in [3.8, 4) is 0 Å². The van der Waals surface area contributed by atoms with Gasteiger partial charge in [0.05, 0.1) is 19.8 Å². The van der Waals surface area contributed by atoms with Crippen LogP contribution >= 0.6 is 0 Å². The molecule has 0 bridgehead atoms. The van der Waals surface area contributed by atoms with E-state index in [-0.39, 0.29) is 0 Å². The molecular formula is C24H26N6O. The summed E-state index contributed by atoms with van der Waals surface area (Å²) in [6.45, 7) is 2.32. The van der Waals surface area contributed by atoms with E-state index in [0.29, 0.717) is 32.3 Å². The lowest BCUT2D eigenvalue weighted by Crippen LogP contribution is -2.37. The molecule has 2 aromatic carbocycles. The number of ether oxygens (including phenoxy) is 1. The minimum Gasteiger partial charge on any atom is -0.372 e. The van der Waals surface area contributed by atoms with Crippen LogP contribution in [-0.2, 0) is 31.0 Å². The van der Waals surface area contributed by atoms with Gasteiger partial charge in [0.25, 0.3) is 0 Å². The summed E-state index contributed by atoms with van der Waals surface area (Å²) in [5.74, 6) is 1.53. The van der Waals surface area contributed by atoms with Crippen molar-refractivity contribution in [3.63, 3.8) is 0 Å². The normalized spacial score (nSPS) is 11.6. The zero-order chi connectivity index (χ0) is 21.3. The van der Waals surface area contributed by atoms with Crippen molar-refractivity contribution in [2.45, 2.75) is 26.3 Å². The number of hydrogen-bond acceptors (Lipinski definition) is 4. The number of hydrogen-bond donors (Lipinski definition) is 2. The highest BCUT2D eigenvalue weighted by atomic mass is 16.5. The quantitative estimate of drug-likeness (QED) is 0.342. The van der Waals surface area contributed by atoms with Crippen molar-refractivity contribution in [1.82, 2.24) is 25.2 Å². The fourth-order valence-corrected chi connectivity index (χ4v) is 3.30. The van der Waals surface area contributed by atoms with Gasteiger partial charge in [-0.25, -0.2) is 0 Å². The van der Waals surface area contributed by atoms with Gasteiger partial charge in [0.2, 0.25) is 0 Å². The summed E-state index contributed by atoms with van der Waals surface area (Å²) in [4.78, 5) is 4.32. The average Bonchev–Trinajstić information content (AvgIpc) is 3.24. The Kier molecular flexibility index (Phi) is 6.87. The van der Waals surface area contributed by atoms with E-state index in [1.54, 1.807) is 7.05 Å². The maximum atomic E-state index is 5.93. The van der Waals surface area contributed by atoms with Crippen molar-refractivity contribution >= 4 is 11.6 Å². The minimum absolute atomic E-state index is 0.521. The zero-order valence-electron chi connectivity index (χ0n) is 17.5. The largest absolute Gasteiger partial charge is 0.372 e. The third-order valence-corrected chi connectivity index (χ3v) is 4.96. The number of fused-ring (bicyclic) bond motifs is 1. The van der Waals surface area contributed by atoms with E-state index in [1.807, 2.05) is 59.1 Å². The van der Waals surface area contributed by atoms with E-state index in [1.165, 1.54) is 11.1 Å². The number of nitrogens with zero attached hydrogens (tertiary/aromatic N) is 4. The molecule has 4 aromatic rings. The third-order valence-electron chi connectivity index (χ3n) is 4.96. The highest BCUT2D eigenvalue weighted by molar-refractivity contribution is 5.79. The molecule has 31 heavy (non-hydrogen) atoms. The lowest BCUT2D eigenvalue weighted by molar-refractivity contribution is 0.106. The van der Waals surface area contributed by atoms with Crippen LogP contribution in [0.3, 0.4) is 0 Å². The van der Waals surface area contributed by atoms with Crippen LogP contribution in [0.5, 0.6) is 0 Å². The second-order valence-electron chi connectivity index (χ2n) is 7.07. The molecule has 4 rings (SSSR count). The Labute approximate surface area is 181 Å². The van der Waals surface area contributed by atoms with Gasteiger partial charge >= 0.3 is 0 Å². The van der Waals surface area contributed by atoms with Crippen LogP contribution in [0.1, 0.15) is 22.5 Å². The smallest absolute Gasteiger partial charge is 0.191 e. The molecule has 0 unspecified atom stereocenters. The summed E-state index contributed by atoms with van der Waals surface area (Å²) >= 11 is 0. The molecule has 0 aliphatic heterocycles. The van der Waals surface area contributed by atoms with E-state index in [4.69, 9.17) is 4.74 Å². The molecule has 2 aromatic heterocycles. The van der Waals surface area contributed by atoms with Gasteiger partial charge in [-0.1, -0.05) is 60.7 Å². The molecule has 0 fully saturated rings. The van der Waals surface area contributed by atoms with Crippen LogP contribution in [0.15, 0.2) is 84.0 Å². The summed E-state index contributed by atoms with van der Waals surface area (Å²) in [6.07, 6.45) is 1.95. The summed E-state index contributed by atoms with van der Waals surface area (Å²) < 4.78 is 7.88. The van der Waals surface area contributed by atoms with Crippen LogP contribution in [0.4, 0.5) is 0 Å². The molecule has 158 valence electrons. The Morgan fingerprint density at radius 2 is 1.58 bits per heavy atom. The number of guanidine groups is 1. The molecule has 7 heteroatoms. The fourth-order valence-electron chi connectivity index (χ4n) is 3.30. The van der Waals surface area contributed by atoms with Gasteiger partial charge in [-0.05, 0) is 28.8 Å². The van der Waals surface area contributed by atoms with Crippen LogP contribution < -0.4 is 10.6 Å². The molecule has 2 N–H and O–H groups in total. The van der Waals surface area contributed by atoms with Gasteiger partial charge in [0, 0.05) is 19.8 Å². The molecule has 0 aliphatic carbocycles. The third kappa shape index (κ3) is 5.46. The van der Waals surface area contributed by atoms with Crippen LogP contribution in [-0.4, -0.2) is 27.6 Å². The Morgan fingerprint density at radius 1 is 0.839 bits per heavy atom. The van der Waals surface area contributed by atoms with Gasteiger partial charge in [0.1, 0.15) is 0 Å². The molecule has 2 heterocycles. The molecule has 0 saturated heterocycles. The second-order valence-corrected chi connectivity index (χ2v) is 7.07. The summed E-state index contributed by atoms with van der Waals surface area (Å²) in [5.41, 5.74) is 4.33. The van der Waals surface area contributed by atoms with Gasteiger partial charge in [-0.3, -0.25) is 9.39 Å². The molecular weight excluding hydrogens is 388 g/mol. The van der Waals surface area contributed by atoms with Gasteiger partial charge in [-0.2, -0.15) is 0 Å². The highest BCUT2D eigenvalue weighted by Crippen LogP contribution is 2.12.